The molecule has 0 bridgehead atoms. The number of imidazole rings is 1. The van der Waals surface area contributed by atoms with Gasteiger partial charge in [-0.3, -0.25) is 0 Å². The predicted molar refractivity (Wildman–Crippen MR) is 86.0 cm³/mol. The molecule has 0 unspecified atom stereocenters. The Kier molecular flexibility index (Phi) is 3.47. The average molecular weight is 302 g/mol. The van der Waals surface area contributed by atoms with Crippen LogP contribution in [0.1, 0.15) is 11.1 Å². The largest absolute Gasteiger partial charge is 0.496 e. The van der Waals surface area contributed by atoms with Crippen molar-refractivity contribution >= 4 is 28.6 Å². The molecule has 2 heterocycles. The number of halogens is 1. The number of ether oxygens (including phenoxy) is 1. The number of aryl methyl sites for hydroxylation is 1. The van der Waals surface area contributed by atoms with Gasteiger partial charge in [-0.2, -0.15) is 0 Å². The maximum Gasteiger partial charge on any atom is 0.162 e. The first-order valence-electron chi connectivity index (χ1n) is 6.64. The van der Waals surface area contributed by atoms with E-state index in [0.29, 0.717) is 5.02 Å². The van der Waals surface area contributed by atoms with E-state index in [0.717, 1.165) is 33.9 Å². The van der Waals surface area contributed by atoms with Crippen molar-refractivity contribution in [1.82, 2.24) is 9.38 Å². The van der Waals surface area contributed by atoms with E-state index in [1.807, 2.05) is 48.8 Å². The van der Waals surface area contributed by atoms with Gasteiger partial charge in [0.15, 0.2) is 5.65 Å². The van der Waals surface area contributed by atoms with Gasteiger partial charge in [-0.25, -0.2) is 4.98 Å². The molecule has 3 rings (SSSR count). The van der Waals surface area contributed by atoms with Crippen molar-refractivity contribution in [2.24, 2.45) is 0 Å². The number of methoxy groups -OCH3 is 1. The standard InChI is InChI=1S/C16H16ClN3O/c1-10-4-5-13(21-3)11(2)14(10)19-15-12(17)6-8-20-9-7-18-16(15)20/h4-9,19H,1-3H3. The highest BCUT2D eigenvalue weighted by molar-refractivity contribution is 6.34. The van der Waals surface area contributed by atoms with Crippen molar-refractivity contribution < 1.29 is 4.74 Å². The van der Waals surface area contributed by atoms with Gasteiger partial charge in [0.1, 0.15) is 11.4 Å². The van der Waals surface area contributed by atoms with Crippen LogP contribution in [0.4, 0.5) is 11.4 Å². The van der Waals surface area contributed by atoms with Crippen LogP contribution in [-0.4, -0.2) is 16.5 Å². The lowest BCUT2D eigenvalue weighted by Gasteiger charge is -2.16. The Labute approximate surface area is 128 Å². The number of anilines is 2. The van der Waals surface area contributed by atoms with Gasteiger partial charge in [0.2, 0.25) is 0 Å². The summed E-state index contributed by atoms with van der Waals surface area (Å²) in [5, 5.41) is 4.05. The van der Waals surface area contributed by atoms with E-state index in [-0.39, 0.29) is 0 Å². The van der Waals surface area contributed by atoms with Crippen molar-refractivity contribution in [3.63, 3.8) is 0 Å². The number of rotatable bonds is 3. The van der Waals surface area contributed by atoms with E-state index in [9.17, 15) is 0 Å². The van der Waals surface area contributed by atoms with Gasteiger partial charge in [0, 0.05) is 29.8 Å². The van der Waals surface area contributed by atoms with E-state index >= 15 is 0 Å². The minimum Gasteiger partial charge on any atom is -0.496 e. The molecule has 1 aromatic carbocycles. The second-order valence-electron chi connectivity index (χ2n) is 4.91. The monoisotopic (exact) mass is 301 g/mol. The van der Waals surface area contributed by atoms with Gasteiger partial charge in [0.25, 0.3) is 0 Å². The molecular formula is C16H16ClN3O. The van der Waals surface area contributed by atoms with Crippen LogP contribution in [0.15, 0.2) is 36.8 Å². The smallest absolute Gasteiger partial charge is 0.162 e. The average Bonchev–Trinajstić information content (AvgIpc) is 2.94. The summed E-state index contributed by atoms with van der Waals surface area (Å²) in [6.45, 7) is 4.07. The Morgan fingerprint density at radius 1 is 1.14 bits per heavy atom. The first-order valence-corrected chi connectivity index (χ1v) is 7.02. The molecule has 0 amide bonds. The fourth-order valence-corrected chi connectivity index (χ4v) is 2.63. The summed E-state index contributed by atoms with van der Waals surface area (Å²) >= 11 is 6.34. The van der Waals surface area contributed by atoms with E-state index in [1.54, 1.807) is 13.3 Å². The highest BCUT2D eigenvalue weighted by Crippen LogP contribution is 2.35. The van der Waals surface area contributed by atoms with E-state index in [2.05, 4.69) is 10.3 Å². The van der Waals surface area contributed by atoms with Crippen LogP contribution in [-0.2, 0) is 0 Å². The zero-order valence-electron chi connectivity index (χ0n) is 12.1. The lowest BCUT2D eigenvalue weighted by atomic mass is 10.1. The van der Waals surface area contributed by atoms with Crippen LogP contribution in [0.2, 0.25) is 5.02 Å². The first-order chi connectivity index (χ1) is 10.1. The quantitative estimate of drug-likeness (QED) is 0.781. The number of hydrogen-bond acceptors (Lipinski definition) is 3. The number of nitrogens with one attached hydrogen (secondary N) is 1. The SMILES string of the molecule is COc1ccc(C)c(Nc2c(Cl)ccn3ccnc23)c1C. The molecule has 5 heteroatoms. The molecule has 3 aromatic rings. The number of hydrogen-bond donors (Lipinski definition) is 1. The van der Waals surface area contributed by atoms with E-state index in [1.165, 1.54) is 0 Å². The van der Waals surface area contributed by atoms with E-state index in [4.69, 9.17) is 16.3 Å². The highest BCUT2D eigenvalue weighted by atomic mass is 35.5. The normalized spacial score (nSPS) is 10.9. The summed E-state index contributed by atoms with van der Waals surface area (Å²) in [4.78, 5) is 4.36. The number of benzene rings is 1. The Hall–Kier alpha value is -2.20. The topological polar surface area (TPSA) is 38.6 Å². The Bertz CT molecular complexity index is 811. The van der Waals surface area contributed by atoms with Crippen molar-refractivity contribution in [3.8, 4) is 5.75 Å². The third-order valence-corrected chi connectivity index (χ3v) is 3.92. The molecule has 0 aliphatic carbocycles. The summed E-state index contributed by atoms with van der Waals surface area (Å²) in [7, 11) is 1.67. The van der Waals surface area contributed by atoms with Crippen molar-refractivity contribution in [2.45, 2.75) is 13.8 Å². The van der Waals surface area contributed by atoms with Gasteiger partial charge in [-0.15, -0.1) is 0 Å². The molecule has 1 N–H and O–H groups in total. The molecular weight excluding hydrogens is 286 g/mol. The first kappa shape index (κ1) is 13.8. The minimum absolute atomic E-state index is 0.635. The fraction of sp³-hybridized carbons (Fsp3) is 0.188. The fourth-order valence-electron chi connectivity index (χ4n) is 2.44. The molecule has 0 fully saturated rings. The molecule has 0 saturated carbocycles. The second kappa shape index (κ2) is 5.30. The molecule has 4 nitrogen and oxygen atoms in total. The molecule has 0 atom stereocenters. The number of aromatic nitrogens is 2. The lowest BCUT2D eigenvalue weighted by molar-refractivity contribution is 0.412. The van der Waals surface area contributed by atoms with E-state index < -0.39 is 0 Å². The molecule has 2 aromatic heterocycles. The second-order valence-corrected chi connectivity index (χ2v) is 5.31. The van der Waals surface area contributed by atoms with Crippen LogP contribution in [0.5, 0.6) is 5.75 Å². The summed E-state index contributed by atoms with van der Waals surface area (Å²) in [5.41, 5.74) is 4.75. The number of fused-ring (bicyclic) bond motifs is 1. The third-order valence-electron chi connectivity index (χ3n) is 3.61. The zero-order chi connectivity index (χ0) is 15.0. The van der Waals surface area contributed by atoms with Gasteiger partial charge in [0.05, 0.1) is 12.1 Å². The Morgan fingerprint density at radius 2 is 1.95 bits per heavy atom. The van der Waals surface area contributed by atoms with Crippen LogP contribution < -0.4 is 10.1 Å². The van der Waals surface area contributed by atoms with Gasteiger partial charge < -0.3 is 14.5 Å². The summed E-state index contributed by atoms with van der Waals surface area (Å²) in [5.74, 6) is 0.842. The Balaban J connectivity index is 2.15. The minimum atomic E-state index is 0.635. The third kappa shape index (κ3) is 2.32. The molecule has 108 valence electrons. The van der Waals surface area contributed by atoms with Crippen molar-refractivity contribution in [1.29, 1.82) is 0 Å². The summed E-state index contributed by atoms with van der Waals surface area (Å²) in [6.07, 6.45) is 5.53. The summed E-state index contributed by atoms with van der Waals surface area (Å²) < 4.78 is 7.32. The van der Waals surface area contributed by atoms with Crippen LogP contribution in [0.25, 0.3) is 5.65 Å². The van der Waals surface area contributed by atoms with Crippen molar-refractivity contribution in [2.75, 3.05) is 12.4 Å². The molecule has 0 saturated heterocycles. The van der Waals surface area contributed by atoms with Gasteiger partial charge in [-0.1, -0.05) is 17.7 Å². The van der Waals surface area contributed by atoms with Crippen LogP contribution in [0, 0.1) is 13.8 Å². The molecule has 0 radical (unpaired) electrons. The van der Waals surface area contributed by atoms with Crippen LogP contribution >= 0.6 is 11.6 Å². The number of nitrogens with zero attached hydrogens (tertiary/aromatic N) is 2. The molecule has 0 aliphatic rings. The van der Waals surface area contributed by atoms with Crippen molar-refractivity contribution in [3.05, 3.63) is 52.9 Å². The molecule has 21 heavy (non-hydrogen) atoms. The predicted octanol–water partition coefficient (Wildman–Crippen LogP) is 4.36. The zero-order valence-corrected chi connectivity index (χ0v) is 12.9. The maximum atomic E-state index is 6.34. The highest BCUT2D eigenvalue weighted by Gasteiger charge is 2.13. The molecule has 0 spiro atoms. The maximum absolute atomic E-state index is 6.34. The van der Waals surface area contributed by atoms with Gasteiger partial charge in [-0.05, 0) is 31.5 Å². The van der Waals surface area contributed by atoms with Crippen LogP contribution in [0.3, 0.4) is 0 Å². The Morgan fingerprint density at radius 3 is 2.71 bits per heavy atom. The lowest BCUT2D eigenvalue weighted by Crippen LogP contribution is -2.01. The van der Waals surface area contributed by atoms with Gasteiger partial charge >= 0.3 is 0 Å². The number of pyridine rings is 1. The summed E-state index contributed by atoms with van der Waals surface area (Å²) in [6, 6.07) is 5.84. The molecule has 0 aliphatic heterocycles.